The van der Waals surface area contributed by atoms with Gasteiger partial charge in [-0.15, -0.1) is 0 Å². The number of piperidine rings is 2. The summed E-state index contributed by atoms with van der Waals surface area (Å²) < 4.78 is 27.7. The Morgan fingerprint density at radius 3 is 2.24 bits per heavy atom. The molecule has 2 heterocycles. The quantitative estimate of drug-likeness (QED) is 0.737. The fraction of sp³-hybridized carbons (Fsp3) is 0.524. The summed E-state index contributed by atoms with van der Waals surface area (Å²) >= 11 is 0. The summed E-state index contributed by atoms with van der Waals surface area (Å²) in [6.45, 7) is 7.06. The van der Waals surface area contributed by atoms with E-state index in [1.807, 2.05) is 25.1 Å². The van der Waals surface area contributed by atoms with Crippen LogP contribution in [0.5, 0.6) is 0 Å². The fourth-order valence-corrected chi connectivity index (χ4v) is 5.96. The highest BCUT2D eigenvalue weighted by Gasteiger charge is 2.40. The van der Waals surface area contributed by atoms with Gasteiger partial charge in [-0.3, -0.25) is 9.59 Å². The lowest BCUT2D eigenvalue weighted by atomic mass is 9.90. The molecule has 0 saturated carbocycles. The van der Waals surface area contributed by atoms with Gasteiger partial charge >= 0.3 is 0 Å². The third-order valence-electron chi connectivity index (χ3n) is 5.97. The van der Waals surface area contributed by atoms with Crippen LogP contribution in [0.15, 0.2) is 43.0 Å². The number of hydrogen-bond donors (Lipinski definition) is 1. The smallest absolute Gasteiger partial charge is 0.253 e. The first-order valence-corrected chi connectivity index (χ1v) is 11.5. The third-order valence-corrected chi connectivity index (χ3v) is 8.37. The van der Waals surface area contributed by atoms with Gasteiger partial charge < -0.3 is 10.2 Å². The molecule has 1 aromatic carbocycles. The van der Waals surface area contributed by atoms with Crippen molar-refractivity contribution in [1.29, 1.82) is 0 Å². The molecule has 29 heavy (non-hydrogen) atoms. The second-order valence-electron chi connectivity index (χ2n) is 8.06. The highest BCUT2D eigenvalue weighted by atomic mass is 32.2. The largest absolute Gasteiger partial charge is 0.347 e. The van der Waals surface area contributed by atoms with Crippen molar-refractivity contribution in [3.8, 4) is 0 Å². The molecule has 0 atom stereocenters. The highest BCUT2D eigenvalue weighted by Crippen LogP contribution is 2.28. The van der Waals surface area contributed by atoms with Crippen LogP contribution in [0.25, 0.3) is 0 Å². The first kappa shape index (κ1) is 21.5. The molecule has 7 nitrogen and oxygen atoms in total. The normalized spacial score (nSPS) is 20.8. The Morgan fingerprint density at radius 2 is 1.69 bits per heavy atom. The van der Waals surface area contributed by atoms with Crippen LogP contribution in [0, 0.1) is 0 Å². The topological polar surface area (TPSA) is 86.8 Å². The van der Waals surface area contributed by atoms with Gasteiger partial charge in [-0.1, -0.05) is 24.8 Å². The predicted molar refractivity (Wildman–Crippen MR) is 112 cm³/mol. The van der Waals surface area contributed by atoms with E-state index in [9.17, 15) is 18.0 Å². The van der Waals surface area contributed by atoms with Gasteiger partial charge in [0.1, 0.15) is 0 Å². The van der Waals surface area contributed by atoms with Crippen LogP contribution in [-0.2, 0) is 14.8 Å². The van der Waals surface area contributed by atoms with Crippen molar-refractivity contribution >= 4 is 21.8 Å². The van der Waals surface area contributed by atoms with Gasteiger partial charge in [0, 0.05) is 37.3 Å². The third kappa shape index (κ3) is 4.87. The SMILES string of the molecule is C=CC(=O)NC1(C)CCN(S(=O)(=O)C2CCN(C(=O)c3ccccc3)CC2)CC1. The molecule has 1 aromatic rings. The average Bonchev–Trinajstić information content (AvgIpc) is 2.74. The minimum Gasteiger partial charge on any atom is -0.347 e. The lowest BCUT2D eigenvalue weighted by molar-refractivity contribution is -0.118. The van der Waals surface area contributed by atoms with Gasteiger partial charge in [0.05, 0.1) is 5.25 Å². The molecule has 0 bridgehead atoms. The summed E-state index contributed by atoms with van der Waals surface area (Å²) in [5.74, 6) is -0.285. The van der Waals surface area contributed by atoms with Crippen molar-refractivity contribution in [2.24, 2.45) is 0 Å². The Hall–Kier alpha value is -2.19. The van der Waals surface area contributed by atoms with Crippen molar-refractivity contribution in [2.75, 3.05) is 26.2 Å². The molecular formula is C21H29N3O4S. The molecule has 2 aliphatic rings. The molecule has 0 spiro atoms. The standard InChI is InChI=1S/C21H29N3O4S/c1-3-19(25)22-21(2)11-15-24(16-12-21)29(27,28)18-9-13-23(14-10-18)20(26)17-7-5-4-6-8-17/h3-8,18H,1,9-16H2,2H3,(H,22,25). The van der Waals surface area contributed by atoms with Gasteiger partial charge in [0.25, 0.3) is 5.91 Å². The number of nitrogens with one attached hydrogen (secondary N) is 1. The average molecular weight is 420 g/mol. The van der Waals surface area contributed by atoms with Crippen LogP contribution < -0.4 is 5.32 Å². The molecule has 2 aliphatic heterocycles. The minimum atomic E-state index is -3.42. The summed E-state index contributed by atoms with van der Waals surface area (Å²) in [5.41, 5.74) is 0.216. The van der Waals surface area contributed by atoms with E-state index in [4.69, 9.17) is 0 Å². The van der Waals surface area contributed by atoms with E-state index in [2.05, 4.69) is 11.9 Å². The summed E-state index contributed by atoms with van der Waals surface area (Å²) in [6, 6.07) is 9.07. The molecule has 0 aliphatic carbocycles. The van der Waals surface area contributed by atoms with Crippen LogP contribution in [0.2, 0.25) is 0 Å². The van der Waals surface area contributed by atoms with Crippen LogP contribution >= 0.6 is 0 Å². The van der Waals surface area contributed by atoms with Crippen molar-refractivity contribution < 1.29 is 18.0 Å². The van der Waals surface area contributed by atoms with E-state index in [0.29, 0.717) is 57.4 Å². The van der Waals surface area contributed by atoms with E-state index in [1.165, 1.54) is 6.08 Å². The Morgan fingerprint density at radius 1 is 1.10 bits per heavy atom. The van der Waals surface area contributed by atoms with Crippen molar-refractivity contribution in [3.63, 3.8) is 0 Å². The van der Waals surface area contributed by atoms with Gasteiger partial charge in [0.2, 0.25) is 15.9 Å². The summed E-state index contributed by atoms with van der Waals surface area (Å²) in [5, 5.41) is 2.44. The predicted octanol–water partition coefficient (Wildman–Crippen LogP) is 1.78. The van der Waals surface area contributed by atoms with Crippen molar-refractivity contribution in [2.45, 2.75) is 43.4 Å². The molecule has 158 valence electrons. The number of amides is 2. The second kappa shape index (κ2) is 8.67. The van der Waals surface area contributed by atoms with Crippen LogP contribution in [0.4, 0.5) is 0 Å². The number of nitrogens with zero attached hydrogens (tertiary/aromatic N) is 2. The van der Waals surface area contributed by atoms with E-state index in [0.717, 1.165) is 0 Å². The molecule has 0 radical (unpaired) electrons. The number of sulfonamides is 1. The fourth-order valence-electron chi connectivity index (χ4n) is 4.04. The van der Waals surface area contributed by atoms with Gasteiger partial charge in [-0.2, -0.15) is 0 Å². The molecule has 3 rings (SSSR count). The molecule has 0 aromatic heterocycles. The lowest BCUT2D eigenvalue weighted by Gasteiger charge is -2.41. The number of hydrogen-bond acceptors (Lipinski definition) is 4. The first-order valence-electron chi connectivity index (χ1n) is 10.0. The molecule has 1 N–H and O–H groups in total. The number of benzene rings is 1. The zero-order chi connectivity index (χ0) is 21.1. The Balaban J connectivity index is 1.56. The lowest BCUT2D eigenvalue weighted by Crippen LogP contribution is -2.56. The van der Waals surface area contributed by atoms with E-state index in [1.54, 1.807) is 21.3 Å². The van der Waals surface area contributed by atoms with E-state index < -0.39 is 20.8 Å². The summed E-state index contributed by atoms with van der Waals surface area (Å²) in [7, 11) is -3.42. The van der Waals surface area contributed by atoms with Crippen molar-refractivity contribution in [1.82, 2.24) is 14.5 Å². The molecule has 8 heteroatoms. The van der Waals surface area contributed by atoms with Gasteiger partial charge in [-0.05, 0) is 50.8 Å². The maximum Gasteiger partial charge on any atom is 0.253 e. The molecule has 2 fully saturated rings. The van der Waals surface area contributed by atoms with E-state index >= 15 is 0 Å². The minimum absolute atomic E-state index is 0.0480. The van der Waals surface area contributed by atoms with Crippen LogP contribution in [0.3, 0.4) is 0 Å². The Labute approximate surface area is 172 Å². The maximum absolute atomic E-state index is 13.1. The first-order chi connectivity index (χ1) is 13.7. The van der Waals surface area contributed by atoms with Gasteiger partial charge in [0.15, 0.2) is 0 Å². The molecular weight excluding hydrogens is 390 g/mol. The van der Waals surface area contributed by atoms with Crippen LogP contribution in [-0.4, -0.2) is 66.4 Å². The van der Waals surface area contributed by atoms with Crippen LogP contribution in [0.1, 0.15) is 43.0 Å². The second-order valence-corrected chi connectivity index (χ2v) is 10.3. The number of rotatable bonds is 5. The molecule has 0 unspecified atom stereocenters. The highest BCUT2D eigenvalue weighted by molar-refractivity contribution is 7.89. The monoisotopic (exact) mass is 419 g/mol. The van der Waals surface area contributed by atoms with Gasteiger partial charge in [-0.25, -0.2) is 12.7 Å². The Kier molecular flexibility index (Phi) is 6.43. The van der Waals surface area contributed by atoms with Crippen molar-refractivity contribution in [3.05, 3.63) is 48.6 Å². The number of likely N-dealkylation sites (tertiary alicyclic amines) is 1. The zero-order valence-electron chi connectivity index (χ0n) is 16.8. The number of carbonyl (C=O) groups excluding carboxylic acids is 2. The zero-order valence-corrected chi connectivity index (χ0v) is 17.7. The van der Waals surface area contributed by atoms with E-state index in [-0.39, 0.29) is 11.8 Å². The summed E-state index contributed by atoms with van der Waals surface area (Å²) in [6.07, 6.45) is 3.26. The summed E-state index contributed by atoms with van der Waals surface area (Å²) in [4.78, 5) is 25.9. The molecule has 2 amide bonds. The Bertz CT molecular complexity index is 853. The number of carbonyl (C=O) groups is 2. The maximum atomic E-state index is 13.1. The molecule has 2 saturated heterocycles.